The molecule has 0 saturated heterocycles. The van der Waals surface area contributed by atoms with E-state index in [9.17, 15) is 14.0 Å². The number of anilines is 1. The smallest absolute Gasteiger partial charge is 0.255 e. The van der Waals surface area contributed by atoms with Crippen LogP contribution in [0.15, 0.2) is 72.8 Å². The number of nitrogens with one attached hydrogen (secondary N) is 2. The Bertz CT molecular complexity index is 1030. The summed E-state index contributed by atoms with van der Waals surface area (Å²) in [5, 5.41) is 5.60. The van der Waals surface area contributed by atoms with Gasteiger partial charge in [0, 0.05) is 28.9 Å². The van der Waals surface area contributed by atoms with Gasteiger partial charge in [-0.3, -0.25) is 9.59 Å². The van der Waals surface area contributed by atoms with Crippen molar-refractivity contribution in [3.63, 3.8) is 0 Å². The maximum atomic E-state index is 13.7. The van der Waals surface area contributed by atoms with E-state index < -0.39 is 0 Å². The Morgan fingerprint density at radius 3 is 2.24 bits per heavy atom. The van der Waals surface area contributed by atoms with Crippen LogP contribution in [-0.4, -0.2) is 11.8 Å². The quantitative estimate of drug-likeness (QED) is 0.613. The normalized spacial score (nSPS) is 10.6. The van der Waals surface area contributed by atoms with Crippen LogP contribution in [0.5, 0.6) is 0 Å². The molecule has 3 rings (SSSR count). The average Bonchev–Trinajstić information content (AvgIpc) is 2.73. The number of hydrogen-bond donors (Lipinski definition) is 2. The maximum absolute atomic E-state index is 13.7. The van der Waals surface area contributed by atoms with Crippen molar-refractivity contribution in [3.05, 3.63) is 101 Å². The molecule has 0 aliphatic rings. The first-order valence-electron chi connectivity index (χ1n) is 9.47. The average molecular weight is 390 g/mol. The third-order valence-corrected chi connectivity index (χ3v) is 4.62. The number of carbonyl (C=O) groups excluding carboxylic acids is 2. The molecule has 3 aromatic rings. The fraction of sp³-hybridized carbons (Fsp3) is 0.167. The Balaban J connectivity index is 1.71. The van der Waals surface area contributed by atoms with Crippen LogP contribution in [-0.2, 0) is 6.54 Å². The summed E-state index contributed by atoms with van der Waals surface area (Å²) in [7, 11) is 0. The van der Waals surface area contributed by atoms with Crippen LogP contribution in [0.4, 0.5) is 10.1 Å². The van der Waals surface area contributed by atoms with E-state index in [-0.39, 0.29) is 30.1 Å². The van der Waals surface area contributed by atoms with Gasteiger partial charge in [0.1, 0.15) is 5.82 Å². The molecule has 0 aromatic heterocycles. The molecule has 0 aliphatic heterocycles. The van der Waals surface area contributed by atoms with Crippen molar-refractivity contribution in [3.8, 4) is 0 Å². The molecule has 0 atom stereocenters. The summed E-state index contributed by atoms with van der Waals surface area (Å²) in [5.74, 6) is -0.765. The second-order valence-corrected chi connectivity index (χ2v) is 7.05. The number of amides is 2. The van der Waals surface area contributed by atoms with E-state index in [2.05, 4.69) is 24.5 Å². The molecule has 0 saturated carbocycles. The van der Waals surface area contributed by atoms with Crippen molar-refractivity contribution in [1.82, 2.24) is 5.32 Å². The van der Waals surface area contributed by atoms with Gasteiger partial charge in [-0.2, -0.15) is 0 Å². The van der Waals surface area contributed by atoms with Crippen LogP contribution >= 0.6 is 0 Å². The topological polar surface area (TPSA) is 58.2 Å². The third kappa shape index (κ3) is 5.08. The fourth-order valence-electron chi connectivity index (χ4n) is 3.03. The van der Waals surface area contributed by atoms with Crippen molar-refractivity contribution >= 4 is 17.5 Å². The molecule has 0 fully saturated rings. The first-order valence-corrected chi connectivity index (χ1v) is 9.47. The lowest BCUT2D eigenvalue weighted by molar-refractivity contribution is 0.0950. The van der Waals surface area contributed by atoms with Crippen molar-refractivity contribution in [2.45, 2.75) is 26.3 Å². The van der Waals surface area contributed by atoms with Gasteiger partial charge >= 0.3 is 0 Å². The van der Waals surface area contributed by atoms with Gasteiger partial charge < -0.3 is 10.6 Å². The number of carbonyl (C=O) groups is 2. The van der Waals surface area contributed by atoms with Crippen molar-refractivity contribution in [1.29, 1.82) is 0 Å². The summed E-state index contributed by atoms with van der Waals surface area (Å²) in [6.07, 6.45) is 0. The Morgan fingerprint density at radius 2 is 1.52 bits per heavy atom. The predicted molar refractivity (Wildman–Crippen MR) is 112 cm³/mol. The Hall–Kier alpha value is -3.47. The SMILES string of the molecule is CC(C)c1ccccc1NC(=O)c1cccc(C(=O)NCc2ccccc2F)c1. The minimum Gasteiger partial charge on any atom is -0.348 e. The maximum Gasteiger partial charge on any atom is 0.255 e. The summed E-state index contributed by atoms with van der Waals surface area (Å²) in [4.78, 5) is 25.1. The minimum absolute atomic E-state index is 0.0731. The zero-order chi connectivity index (χ0) is 20.8. The molecule has 3 aromatic carbocycles. The summed E-state index contributed by atoms with van der Waals surface area (Å²) in [5.41, 5.74) is 2.91. The summed E-state index contributed by atoms with van der Waals surface area (Å²) < 4.78 is 13.7. The number of benzene rings is 3. The summed E-state index contributed by atoms with van der Waals surface area (Å²) in [6, 6.07) is 20.4. The highest BCUT2D eigenvalue weighted by Crippen LogP contribution is 2.24. The van der Waals surface area contributed by atoms with Gasteiger partial charge in [-0.25, -0.2) is 4.39 Å². The molecule has 0 heterocycles. The van der Waals surface area contributed by atoms with E-state index in [4.69, 9.17) is 0 Å². The van der Waals surface area contributed by atoms with Gasteiger partial charge in [-0.1, -0.05) is 56.3 Å². The zero-order valence-corrected chi connectivity index (χ0v) is 16.4. The highest BCUT2D eigenvalue weighted by Gasteiger charge is 2.13. The fourth-order valence-corrected chi connectivity index (χ4v) is 3.03. The number of rotatable bonds is 6. The van der Waals surface area contributed by atoms with E-state index in [0.717, 1.165) is 11.3 Å². The zero-order valence-electron chi connectivity index (χ0n) is 16.4. The van der Waals surface area contributed by atoms with Crippen LogP contribution < -0.4 is 10.6 Å². The molecule has 4 nitrogen and oxygen atoms in total. The van der Waals surface area contributed by atoms with E-state index in [1.807, 2.05) is 24.3 Å². The minimum atomic E-state index is -0.371. The molecule has 0 spiro atoms. The molecule has 0 aliphatic carbocycles. The largest absolute Gasteiger partial charge is 0.348 e. The number of para-hydroxylation sites is 1. The second kappa shape index (κ2) is 9.15. The van der Waals surface area contributed by atoms with E-state index in [1.54, 1.807) is 36.4 Å². The van der Waals surface area contributed by atoms with E-state index in [0.29, 0.717) is 16.7 Å². The Morgan fingerprint density at radius 1 is 0.862 bits per heavy atom. The van der Waals surface area contributed by atoms with Crippen LogP contribution in [0, 0.1) is 5.82 Å². The molecule has 0 bridgehead atoms. The molecular formula is C24H23FN2O2. The van der Waals surface area contributed by atoms with Gasteiger partial charge in [-0.05, 0) is 41.8 Å². The van der Waals surface area contributed by atoms with Gasteiger partial charge in [0.05, 0.1) is 0 Å². The molecule has 2 amide bonds. The summed E-state index contributed by atoms with van der Waals surface area (Å²) in [6.45, 7) is 4.20. The van der Waals surface area contributed by atoms with Gasteiger partial charge in [0.2, 0.25) is 0 Å². The molecule has 0 unspecified atom stereocenters. The van der Waals surface area contributed by atoms with Crippen molar-refractivity contribution in [2.24, 2.45) is 0 Å². The molecule has 0 radical (unpaired) electrons. The lowest BCUT2D eigenvalue weighted by Gasteiger charge is -2.14. The summed E-state index contributed by atoms with van der Waals surface area (Å²) >= 11 is 0. The first kappa shape index (κ1) is 20.3. The highest BCUT2D eigenvalue weighted by atomic mass is 19.1. The van der Waals surface area contributed by atoms with Crippen molar-refractivity contribution in [2.75, 3.05) is 5.32 Å². The van der Waals surface area contributed by atoms with Gasteiger partial charge in [0.25, 0.3) is 11.8 Å². The van der Waals surface area contributed by atoms with Gasteiger partial charge in [-0.15, -0.1) is 0 Å². The Labute approximate surface area is 169 Å². The van der Waals surface area contributed by atoms with Crippen LogP contribution in [0.3, 0.4) is 0 Å². The molecule has 148 valence electrons. The lowest BCUT2D eigenvalue weighted by atomic mass is 10.0. The first-order chi connectivity index (χ1) is 14.0. The number of hydrogen-bond acceptors (Lipinski definition) is 2. The molecule has 29 heavy (non-hydrogen) atoms. The van der Waals surface area contributed by atoms with E-state index >= 15 is 0 Å². The van der Waals surface area contributed by atoms with E-state index in [1.165, 1.54) is 12.1 Å². The Kier molecular flexibility index (Phi) is 6.39. The predicted octanol–water partition coefficient (Wildman–Crippen LogP) is 5.13. The number of halogens is 1. The van der Waals surface area contributed by atoms with Crippen LogP contribution in [0.25, 0.3) is 0 Å². The van der Waals surface area contributed by atoms with Crippen molar-refractivity contribution < 1.29 is 14.0 Å². The van der Waals surface area contributed by atoms with Gasteiger partial charge in [0.15, 0.2) is 0 Å². The lowest BCUT2D eigenvalue weighted by Crippen LogP contribution is -2.24. The monoisotopic (exact) mass is 390 g/mol. The molecule has 5 heteroatoms. The van der Waals surface area contributed by atoms with Crippen LogP contribution in [0.2, 0.25) is 0 Å². The second-order valence-electron chi connectivity index (χ2n) is 7.05. The highest BCUT2D eigenvalue weighted by molar-refractivity contribution is 6.06. The molecular weight excluding hydrogens is 367 g/mol. The van der Waals surface area contributed by atoms with Crippen LogP contribution in [0.1, 0.15) is 51.6 Å². The third-order valence-electron chi connectivity index (χ3n) is 4.62. The standard InChI is InChI=1S/C24H23FN2O2/c1-16(2)20-11-4-6-13-22(20)27-24(29)18-10-7-9-17(14-18)23(28)26-15-19-8-3-5-12-21(19)25/h3-14,16H,15H2,1-2H3,(H,26,28)(H,27,29). The molecule has 2 N–H and O–H groups in total.